The third kappa shape index (κ3) is 3.55. The van der Waals surface area contributed by atoms with Crippen molar-refractivity contribution < 1.29 is 4.74 Å². The summed E-state index contributed by atoms with van der Waals surface area (Å²) in [4.78, 5) is 13.3. The highest BCUT2D eigenvalue weighted by molar-refractivity contribution is 7.19. The summed E-state index contributed by atoms with van der Waals surface area (Å²) in [6, 6.07) is 18.4. The lowest BCUT2D eigenvalue weighted by atomic mass is 10.0. The number of fused-ring (bicyclic) bond motifs is 1. The van der Waals surface area contributed by atoms with Crippen LogP contribution in [0.4, 0.5) is 5.82 Å². The minimum absolute atomic E-state index is 0.268. The molecule has 142 valence electrons. The molecule has 0 radical (unpaired) electrons. The van der Waals surface area contributed by atoms with Gasteiger partial charge in [-0.2, -0.15) is 4.98 Å². The van der Waals surface area contributed by atoms with Crippen LogP contribution in [0.25, 0.3) is 21.3 Å². The standard InChI is InChI=1S/C22H20ClN3OS/c1-14-18(16-9-11-17(27-3)12-10-16)19-20(24-22(23)25-21(19)28-14)26(2)13-15-7-5-4-6-8-15/h4-12H,13H2,1-3H3. The number of hydrogen-bond donors (Lipinski definition) is 0. The van der Waals surface area contributed by atoms with E-state index in [9.17, 15) is 0 Å². The molecule has 6 heteroatoms. The maximum atomic E-state index is 6.26. The van der Waals surface area contributed by atoms with Gasteiger partial charge in [0.05, 0.1) is 12.5 Å². The first kappa shape index (κ1) is 18.7. The number of aryl methyl sites for hydroxylation is 1. The summed E-state index contributed by atoms with van der Waals surface area (Å²) in [5.41, 5.74) is 3.48. The highest BCUT2D eigenvalue weighted by Crippen LogP contribution is 2.42. The molecule has 0 aliphatic carbocycles. The Kier molecular flexibility index (Phi) is 5.20. The zero-order valence-electron chi connectivity index (χ0n) is 15.9. The van der Waals surface area contributed by atoms with Gasteiger partial charge in [0.2, 0.25) is 5.28 Å². The van der Waals surface area contributed by atoms with E-state index in [1.807, 2.05) is 37.4 Å². The highest BCUT2D eigenvalue weighted by Gasteiger charge is 2.20. The molecule has 2 heterocycles. The van der Waals surface area contributed by atoms with Crippen LogP contribution < -0.4 is 9.64 Å². The number of halogens is 1. The molecule has 4 aromatic rings. The molecule has 2 aromatic heterocycles. The number of anilines is 1. The predicted octanol–water partition coefficient (Wildman–Crippen LogP) is 5.97. The molecule has 0 unspecified atom stereocenters. The quantitative estimate of drug-likeness (QED) is 0.381. The summed E-state index contributed by atoms with van der Waals surface area (Å²) in [7, 11) is 3.71. The van der Waals surface area contributed by atoms with E-state index < -0.39 is 0 Å². The van der Waals surface area contributed by atoms with Gasteiger partial charge in [-0.25, -0.2) is 4.98 Å². The number of thiophene rings is 1. The van der Waals surface area contributed by atoms with Crippen molar-refractivity contribution in [2.45, 2.75) is 13.5 Å². The molecule has 4 rings (SSSR count). The molecule has 28 heavy (non-hydrogen) atoms. The van der Waals surface area contributed by atoms with E-state index in [0.29, 0.717) is 0 Å². The molecule has 0 aliphatic heterocycles. The Bertz CT molecular complexity index is 1110. The van der Waals surface area contributed by atoms with Gasteiger partial charge in [0, 0.05) is 24.0 Å². The van der Waals surface area contributed by atoms with E-state index in [1.54, 1.807) is 18.4 Å². The largest absolute Gasteiger partial charge is 0.497 e. The normalized spacial score (nSPS) is 11.0. The molecule has 0 N–H and O–H groups in total. The SMILES string of the molecule is COc1ccc(-c2c(C)sc3nc(Cl)nc(N(C)Cc4ccccc4)c23)cc1. The summed E-state index contributed by atoms with van der Waals surface area (Å²) < 4.78 is 5.30. The fraction of sp³-hybridized carbons (Fsp3) is 0.182. The van der Waals surface area contributed by atoms with Gasteiger partial charge in [0.25, 0.3) is 0 Å². The molecular weight excluding hydrogens is 390 g/mol. The molecule has 0 aliphatic rings. The minimum Gasteiger partial charge on any atom is -0.497 e. The molecule has 0 bridgehead atoms. The maximum Gasteiger partial charge on any atom is 0.225 e. The Balaban J connectivity index is 1.85. The zero-order chi connectivity index (χ0) is 19.7. The van der Waals surface area contributed by atoms with Crippen LogP contribution in [-0.2, 0) is 6.54 Å². The average Bonchev–Trinajstić information content (AvgIpc) is 3.03. The van der Waals surface area contributed by atoms with Crippen LogP contribution in [0, 0.1) is 6.92 Å². The van der Waals surface area contributed by atoms with Gasteiger partial charge < -0.3 is 9.64 Å². The molecule has 0 fully saturated rings. The van der Waals surface area contributed by atoms with Gasteiger partial charge >= 0.3 is 0 Å². The van der Waals surface area contributed by atoms with E-state index in [0.717, 1.165) is 39.5 Å². The summed E-state index contributed by atoms with van der Waals surface area (Å²) in [5.74, 6) is 1.68. The molecule has 0 saturated heterocycles. The zero-order valence-corrected chi connectivity index (χ0v) is 17.5. The molecule has 0 atom stereocenters. The van der Waals surface area contributed by atoms with Crippen molar-refractivity contribution in [1.29, 1.82) is 0 Å². The smallest absolute Gasteiger partial charge is 0.225 e. The van der Waals surface area contributed by atoms with E-state index in [4.69, 9.17) is 16.3 Å². The molecule has 0 amide bonds. The Morgan fingerprint density at radius 2 is 1.75 bits per heavy atom. The summed E-state index contributed by atoms with van der Waals surface area (Å²) >= 11 is 7.90. The second kappa shape index (κ2) is 7.78. The highest BCUT2D eigenvalue weighted by atomic mass is 35.5. The Hall–Kier alpha value is -2.63. The van der Waals surface area contributed by atoms with Crippen LogP contribution in [0.3, 0.4) is 0 Å². The van der Waals surface area contributed by atoms with E-state index in [-0.39, 0.29) is 5.28 Å². The fourth-order valence-corrected chi connectivity index (χ4v) is 4.64. The van der Waals surface area contributed by atoms with Crippen molar-refractivity contribution in [3.8, 4) is 16.9 Å². The second-order valence-electron chi connectivity index (χ2n) is 6.60. The Morgan fingerprint density at radius 1 is 1.04 bits per heavy atom. The first-order chi connectivity index (χ1) is 13.6. The monoisotopic (exact) mass is 409 g/mol. The van der Waals surface area contributed by atoms with E-state index in [2.05, 4.69) is 46.1 Å². The summed E-state index contributed by atoms with van der Waals surface area (Å²) in [6.07, 6.45) is 0. The fourth-order valence-electron chi connectivity index (χ4n) is 3.38. The number of benzene rings is 2. The summed E-state index contributed by atoms with van der Waals surface area (Å²) in [5, 5.41) is 1.31. The number of nitrogens with zero attached hydrogens (tertiary/aromatic N) is 3. The molecule has 0 spiro atoms. The third-order valence-corrected chi connectivity index (χ3v) is 5.85. The molecule has 0 saturated carbocycles. The number of ether oxygens (including phenoxy) is 1. The third-order valence-electron chi connectivity index (χ3n) is 4.68. The maximum absolute atomic E-state index is 6.26. The van der Waals surface area contributed by atoms with Crippen molar-refractivity contribution >= 4 is 39.0 Å². The van der Waals surface area contributed by atoms with E-state index in [1.165, 1.54) is 10.4 Å². The number of aromatic nitrogens is 2. The predicted molar refractivity (Wildman–Crippen MR) is 118 cm³/mol. The lowest BCUT2D eigenvalue weighted by Gasteiger charge is -2.20. The van der Waals surface area contributed by atoms with Crippen LogP contribution in [0.15, 0.2) is 54.6 Å². The average molecular weight is 410 g/mol. The van der Waals surface area contributed by atoms with Gasteiger partial charge in [-0.05, 0) is 41.8 Å². The van der Waals surface area contributed by atoms with Crippen molar-refractivity contribution in [2.24, 2.45) is 0 Å². The van der Waals surface area contributed by atoms with Crippen LogP contribution in [-0.4, -0.2) is 24.1 Å². The van der Waals surface area contributed by atoms with Crippen LogP contribution in [0.2, 0.25) is 5.28 Å². The van der Waals surface area contributed by atoms with Gasteiger partial charge in [-0.15, -0.1) is 11.3 Å². The van der Waals surface area contributed by atoms with Crippen molar-refractivity contribution in [2.75, 3.05) is 19.1 Å². The Labute approximate surface area is 173 Å². The van der Waals surface area contributed by atoms with Crippen molar-refractivity contribution in [3.63, 3.8) is 0 Å². The lowest BCUT2D eigenvalue weighted by Crippen LogP contribution is -2.18. The van der Waals surface area contributed by atoms with Crippen LogP contribution >= 0.6 is 22.9 Å². The van der Waals surface area contributed by atoms with Gasteiger partial charge in [0.15, 0.2) is 0 Å². The number of hydrogen-bond acceptors (Lipinski definition) is 5. The number of methoxy groups -OCH3 is 1. The number of rotatable bonds is 5. The van der Waals surface area contributed by atoms with Crippen molar-refractivity contribution in [3.05, 3.63) is 70.3 Å². The van der Waals surface area contributed by atoms with Gasteiger partial charge in [0.1, 0.15) is 16.4 Å². The van der Waals surface area contributed by atoms with Crippen LogP contribution in [0.5, 0.6) is 5.75 Å². The lowest BCUT2D eigenvalue weighted by molar-refractivity contribution is 0.415. The van der Waals surface area contributed by atoms with Gasteiger partial charge in [-0.3, -0.25) is 0 Å². The molecule has 4 nitrogen and oxygen atoms in total. The second-order valence-corrected chi connectivity index (χ2v) is 8.14. The first-order valence-corrected chi connectivity index (χ1v) is 10.1. The summed E-state index contributed by atoms with van der Waals surface area (Å²) in [6.45, 7) is 2.85. The molecule has 2 aromatic carbocycles. The first-order valence-electron chi connectivity index (χ1n) is 8.93. The van der Waals surface area contributed by atoms with E-state index >= 15 is 0 Å². The Morgan fingerprint density at radius 3 is 2.43 bits per heavy atom. The van der Waals surface area contributed by atoms with Gasteiger partial charge in [-0.1, -0.05) is 42.5 Å². The minimum atomic E-state index is 0.268. The van der Waals surface area contributed by atoms with Crippen molar-refractivity contribution in [1.82, 2.24) is 9.97 Å². The topological polar surface area (TPSA) is 38.3 Å². The van der Waals surface area contributed by atoms with Crippen LogP contribution in [0.1, 0.15) is 10.4 Å². The molecular formula is C22H20ClN3OS.